The van der Waals surface area contributed by atoms with Gasteiger partial charge >= 0.3 is 0 Å². The zero-order valence-corrected chi connectivity index (χ0v) is 12.4. The minimum Gasteiger partial charge on any atom is -0.376 e. The molecule has 0 aliphatic heterocycles. The highest BCUT2D eigenvalue weighted by atomic mass is 79.9. The van der Waals surface area contributed by atoms with Gasteiger partial charge in [0.05, 0.1) is 6.54 Å². The number of amides is 1. The lowest BCUT2D eigenvalue weighted by atomic mass is 10.1. The van der Waals surface area contributed by atoms with Crippen LogP contribution in [0.5, 0.6) is 0 Å². The minimum absolute atomic E-state index is 0.106. The second kappa shape index (κ2) is 6.05. The average molecular weight is 299 g/mol. The van der Waals surface area contributed by atoms with Gasteiger partial charge in [0.1, 0.15) is 0 Å². The van der Waals surface area contributed by atoms with E-state index in [1.165, 1.54) is 0 Å². The van der Waals surface area contributed by atoms with E-state index >= 15 is 0 Å². The molecule has 1 aromatic rings. The molecule has 0 saturated heterocycles. The zero-order valence-electron chi connectivity index (χ0n) is 10.8. The summed E-state index contributed by atoms with van der Waals surface area (Å²) in [4.78, 5) is 13.4. The maximum absolute atomic E-state index is 11.7. The molecule has 4 heteroatoms. The number of aryl methyl sites for hydroxylation is 2. The fraction of sp³-hybridized carbons (Fsp3) is 0.462. The summed E-state index contributed by atoms with van der Waals surface area (Å²) >= 11 is 3.46. The van der Waals surface area contributed by atoms with Crippen LogP contribution in [0.2, 0.25) is 0 Å². The van der Waals surface area contributed by atoms with Gasteiger partial charge in [0.2, 0.25) is 5.91 Å². The van der Waals surface area contributed by atoms with Crippen molar-refractivity contribution in [1.29, 1.82) is 0 Å². The quantitative estimate of drug-likeness (QED) is 0.927. The minimum atomic E-state index is 0.106. The van der Waals surface area contributed by atoms with E-state index in [9.17, 15) is 4.79 Å². The SMILES string of the molecule is CCN(C)C(=O)CNc1c(C)cc(Br)cc1C. The summed E-state index contributed by atoms with van der Waals surface area (Å²) in [7, 11) is 1.81. The normalized spacial score (nSPS) is 10.2. The van der Waals surface area contributed by atoms with Crippen molar-refractivity contribution in [2.45, 2.75) is 20.8 Å². The Morgan fingerprint density at radius 3 is 2.35 bits per heavy atom. The Bertz CT molecular complexity index is 395. The molecule has 1 rings (SSSR count). The van der Waals surface area contributed by atoms with Crippen LogP contribution in [0.4, 0.5) is 5.69 Å². The molecule has 0 atom stereocenters. The molecule has 0 fully saturated rings. The molecule has 0 aliphatic rings. The molecule has 0 spiro atoms. The van der Waals surface area contributed by atoms with Crippen LogP contribution in [0, 0.1) is 13.8 Å². The Labute approximate surface area is 111 Å². The lowest BCUT2D eigenvalue weighted by molar-refractivity contribution is -0.127. The molecule has 94 valence electrons. The van der Waals surface area contributed by atoms with E-state index in [2.05, 4.69) is 21.2 Å². The molecule has 0 radical (unpaired) electrons. The highest BCUT2D eigenvalue weighted by Crippen LogP contribution is 2.24. The topological polar surface area (TPSA) is 32.3 Å². The van der Waals surface area contributed by atoms with Crippen LogP contribution >= 0.6 is 15.9 Å². The van der Waals surface area contributed by atoms with Gasteiger partial charge in [0, 0.05) is 23.8 Å². The van der Waals surface area contributed by atoms with Gasteiger partial charge < -0.3 is 10.2 Å². The number of carbonyl (C=O) groups excluding carboxylic acids is 1. The van der Waals surface area contributed by atoms with Gasteiger partial charge in [0.25, 0.3) is 0 Å². The second-order valence-corrected chi connectivity index (χ2v) is 5.09. The van der Waals surface area contributed by atoms with E-state index in [-0.39, 0.29) is 5.91 Å². The molecule has 1 N–H and O–H groups in total. The number of likely N-dealkylation sites (N-methyl/N-ethyl adjacent to an activating group) is 1. The van der Waals surface area contributed by atoms with Gasteiger partial charge in [-0.05, 0) is 44.0 Å². The van der Waals surface area contributed by atoms with Crippen LogP contribution in [0.3, 0.4) is 0 Å². The number of rotatable bonds is 4. The molecule has 0 aliphatic carbocycles. The Morgan fingerprint density at radius 2 is 1.88 bits per heavy atom. The molecule has 0 saturated carbocycles. The van der Waals surface area contributed by atoms with Crippen LogP contribution in [0.15, 0.2) is 16.6 Å². The average Bonchev–Trinajstić information content (AvgIpc) is 2.26. The summed E-state index contributed by atoms with van der Waals surface area (Å²) in [5.41, 5.74) is 3.33. The lowest BCUT2D eigenvalue weighted by Gasteiger charge is -2.17. The number of hydrogen-bond donors (Lipinski definition) is 1. The molecule has 0 aromatic heterocycles. The number of benzene rings is 1. The molecule has 1 amide bonds. The van der Waals surface area contributed by atoms with Crippen molar-refractivity contribution in [1.82, 2.24) is 4.90 Å². The van der Waals surface area contributed by atoms with Gasteiger partial charge in [-0.1, -0.05) is 15.9 Å². The third kappa shape index (κ3) is 3.73. The fourth-order valence-corrected chi connectivity index (χ4v) is 2.35. The van der Waals surface area contributed by atoms with Crippen LogP contribution < -0.4 is 5.32 Å². The third-order valence-electron chi connectivity index (χ3n) is 2.81. The van der Waals surface area contributed by atoms with E-state index in [0.717, 1.165) is 27.8 Å². The van der Waals surface area contributed by atoms with Crippen molar-refractivity contribution in [3.8, 4) is 0 Å². The van der Waals surface area contributed by atoms with E-state index < -0.39 is 0 Å². The summed E-state index contributed by atoms with van der Waals surface area (Å²) in [6.07, 6.45) is 0. The van der Waals surface area contributed by atoms with Crippen LogP contribution in [-0.4, -0.2) is 30.9 Å². The molecule has 1 aromatic carbocycles. The summed E-state index contributed by atoms with van der Waals surface area (Å²) in [5.74, 6) is 0.106. The standard InChI is InChI=1S/C13H19BrN2O/c1-5-16(4)12(17)8-15-13-9(2)6-11(14)7-10(13)3/h6-7,15H,5,8H2,1-4H3. The highest BCUT2D eigenvalue weighted by molar-refractivity contribution is 9.10. The zero-order chi connectivity index (χ0) is 13.0. The smallest absolute Gasteiger partial charge is 0.241 e. The van der Waals surface area contributed by atoms with E-state index in [0.29, 0.717) is 6.54 Å². The first-order valence-electron chi connectivity index (χ1n) is 5.70. The first kappa shape index (κ1) is 14.0. The Hall–Kier alpha value is -1.03. The van der Waals surface area contributed by atoms with Crippen molar-refractivity contribution in [2.75, 3.05) is 25.5 Å². The first-order chi connectivity index (χ1) is 7.95. The van der Waals surface area contributed by atoms with Gasteiger partial charge in [-0.15, -0.1) is 0 Å². The number of anilines is 1. The van der Waals surface area contributed by atoms with Gasteiger partial charge in [-0.25, -0.2) is 0 Å². The van der Waals surface area contributed by atoms with Crippen molar-refractivity contribution in [2.24, 2.45) is 0 Å². The lowest BCUT2D eigenvalue weighted by Crippen LogP contribution is -2.32. The molecule has 17 heavy (non-hydrogen) atoms. The van der Waals surface area contributed by atoms with Crippen molar-refractivity contribution in [3.05, 3.63) is 27.7 Å². The summed E-state index contributed by atoms with van der Waals surface area (Å²) in [6, 6.07) is 4.09. The summed E-state index contributed by atoms with van der Waals surface area (Å²) in [6.45, 7) is 7.11. The monoisotopic (exact) mass is 298 g/mol. The molecule has 0 heterocycles. The Balaban J connectivity index is 2.73. The van der Waals surface area contributed by atoms with Crippen molar-refractivity contribution < 1.29 is 4.79 Å². The van der Waals surface area contributed by atoms with Gasteiger partial charge in [-0.3, -0.25) is 4.79 Å². The molecule has 3 nitrogen and oxygen atoms in total. The predicted octanol–water partition coefficient (Wildman–Crippen LogP) is 2.96. The third-order valence-corrected chi connectivity index (χ3v) is 3.27. The van der Waals surface area contributed by atoms with E-state index in [1.807, 2.05) is 40.0 Å². The van der Waals surface area contributed by atoms with Crippen LogP contribution in [0.25, 0.3) is 0 Å². The number of halogens is 1. The fourth-order valence-electron chi connectivity index (χ4n) is 1.66. The van der Waals surface area contributed by atoms with E-state index in [1.54, 1.807) is 4.90 Å². The van der Waals surface area contributed by atoms with Gasteiger partial charge in [0.15, 0.2) is 0 Å². The largest absolute Gasteiger partial charge is 0.376 e. The number of carbonyl (C=O) groups is 1. The Kier molecular flexibility index (Phi) is 5.00. The van der Waals surface area contributed by atoms with Crippen molar-refractivity contribution >= 4 is 27.5 Å². The molecule has 0 bridgehead atoms. The predicted molar refractivity (Wildman–Crippen MR) is 75.4 cm³/mol. The Morgan fingerprint density at radius 1 is 1.35 bits per heavy atom. The van der Waals surface area contributed by atoms with Gasteiger partial charge in [-0.2, -0.15) is 0 Å². The molecular formula is C13H19BrN2O. The molecule has 0 unspecified atom stereocenters. The van der Waals surface area contributed by atoms with E-state index in [4.69, 9.17) is 0 Å². The first-order valence-corrected chi connectivity index (χ1v) is 6.49. The van der Waals surface area contributed by atoms with Crippen LogP contribution in [0.1, 0.15) is 18.1 Å². The number of nitrogens with one attached hydrogen (secondary N) is 1. The highest BCUT2D eigenvalue weighted by Gasteiger charge is 2.08. The molecular weight excluding hydrogens is 280 g/mol. The second-order valence-electron chi connectivity index (χ2n) is 4.18. The number of nitrogens with zero attached hydrogens (tertiary/aromatic N) is 1. The number of hydrogen-bond acceptors (Lipinski definition) is 2. The van der Waals surface area contributed by atoms with Crippen LogP contribution in [-0.2, 0) is 4.79 Å². The summed E-state index contributed by atoms with van der Waals surface area (Å²) < 4.78 is 1.06. The maximum atomic E-state index is 11.7. The van der Waals surface area contributed by atoms with Crippen molar-refractivity contribution in [3.63, 3.8) is 0 Å². The summed E-state index contributed by atoms with van der Waals surface area (Å²) in [5, 5.41) is 3.21. The maximum Gasteiger partial charge on any atom is 0.241 e.